The normalized spacial score (nSPS) is 22.2. The summed E-state index contributed by atoms with van der Waals surface area (Å²) >= 11 is 0. The molecule has 0 spiro atoms. The van der Waals surface area contributed by atoms with E-state index in [1.807, 2.05) is 18.3 Å². The summed E-state index contributed by atoms with van der Waals surface area (Å²) in [5.74, 6) is 1.30. The summed E-state index contributed by atoms with van der Waals surface area (Å²) in [6.07, 6.45) is 13.2. The Labute approximate surface area is 171 Å². The molecule has 1 saturated carbocycles. The molecule has 0 saturated heterocycles. The molecule has 2 aliphatic rings. The van der Waals surface area contributed by atoms with Crippen LogP contribution in [0.3, 0.4) is 0 Å². The second kappa shape index (κ2) is 8.12. The average molecular weight is 390 g/mol. The van der Waals surface area contributed by atoms with Crippen molar-refractivity contribution in [3.63, 3.8) is 0 Å². The van der Waals surface area contributed by atoms with Crippen LogP contribution in [0.1, 0.15) is 45.1 Å². The van der Waals surface area contributed by atoms with Gasteiger partial charge < -0.3 is 15.0 Å². The zero-order valence-electron chi connectivity index (χ0n) is 17.0. The number of nitriles is 1. The van der Waals surface area contributed by atoms with E-state index in [4.69, 9.17) is 5.26 Å². The Balaban J connectivity index is 1.70. The van der Waals surface area contributed by atoms with Gasteiger partial charge in [-0.1, -0.05) is 0 Å². The number of aldehydes is 1. The average Bonchev–Trinajstić information content (AvgIpc) is 3.16. The van der Waals surface area contributed by atoms with Gasteiger partial charge in [0.05, 0.1) is 5.56 Å². The van der Waals surface area contributed by atoms with Crippen LogP contribution in [-0.4, -0.2) is 39.4 Å². The third-order valence-electron chi connectivity index (χ3n) is 5.82. The van der Waals surface area contributed by atoms with Gasteiger partial charge in [-0.25, -0.2) is 4.98 Å². The first-order valence-electron chi connectivity index (χ1n) is 10.4. The topological polar surface area (TPSA) is 74.0 Å². The first kappa shape index (κ1) is 19.3. The standard InChI is InChI=1S/C23H27N5O/c1-16(2)26-20-8-10-27(21-5-3-17(15-29)4-6-21)22(12-20)28-9-7-19-11-18(13-24)14-25-23(19)28/h7-9,11-12,14-17,21,26H,3-6,10H2,1-2H3. The van der Waals surface area contributed by atoms with Crippen molar-refractivity contribution >= 4 is 23.1 Å². The Kier molecular flexibility index (Phi) is 5.39. The smallest absolute Gasteiger partial charge is 0.145 e. The summed E-state index contributed by atoms with van der Waals surface area (Å²) in [5.41, 5.74) is 2.54. The van der Waals surface area contributed by atoms with Crippen LogP contribution in [0.25, 0.3) is 16.9 Å². The number of rotatable bonds is 5. The number of pyridine rings is 1. The minimum Gasteiger partial charge on any atom is -0.383 e. The van der Waals surface area contributed by atoms with E-state index in [2.05, 4.69) is 51.8 Å². The molecule has 6 heteroatoms. The Hall–Kier alpha value is -3.07. The molecule has 29 heavy (non-hydrogen) atoms. The fourth-order valence-corrected chi connectivity index (χ4v) is 4.37. The summed E-state index contributed by atoms with van der Waals surface area (Å²) in [6.45, 7) is 5.10. The molecule has 1 fully saturated rings. The fraction of sp³-hybridized carbons (Fsp3) is 0.435. The number of fused-ring (bicyclic) bond motifs is 1. The fourth-order valence-electron chi connectivity index (χ4n) is 4.37. The summed E-state index contributed by atoms with van der Waals surface area (Å²) < 4.78 is 2.12. The molecule has 2 aromatic heterocycles. The van der Waals surface area contributed by atoms with Crippen LogP contribution in [0.4, 0.5) is 0 Å². The van der Waals surface area contributed by atoms with Crippen molar-refractivity contribution in [3.8, 4) is 6.07 Å². The molecule has 0 amide bonds. The molecule has 1 aliphatic carbocycles. The van der Waals surface area contributed by atoms with E-state index >= 15 is 0 Å². The van der Waals surface area contributed by atoms with Crippen LogP contribution in [-0.2, 0) is 4.79 Å². The Morgan fingerprint density at radius 3 is 2.79 bits per heavy atom. The van der Waals surface area contributed by atoms with Crippen LogP contribution >= 0.6 is 0 Å². The zero-order chi connectivity index (χ0) is 20.4. The van der Waals surface area contributed by atoms with E-state index in [9.17, 15) is 4.79 Å². The van der Waals surface area contributed by atoms with E-state index in [-0.39, 0.29) is 5.92 Å². The highest BCUT2D eigenvalue weighted by molar-refractivity contribution is 5.81. The SMILES string of the molecule is CC(C)NC1=CCN(C2CCC(C=O)CC2)C(n2ccc3cc(C#N)cnc32)=C1. The molecular formula is C23H27N5O. The first-order valence-corrected chi connectivity index (χ1v) is 10.4. The molecule has 0 atom stereocenters. The van der Waals surface area contributed by atoms with Crippen LogP contribution in [0.5, 0.6) is 0 Å². The van der Waals surface area contributed by atoms with Crippen molar-refractivity contribution in [2.75, 3.05) is 6.54 Å². The lowest BCUT2D eigenvalue weighted by Crippen LogP contribution is -2.41. The van der Waals surface area contributed by atoms with Crippen LogP contribution in [0, 0.1) is 17.2 Å². The maximum Gasteiger partial charge on any atom is 0.145 e. The summed E-state index contributed by atoms with van der Waals surface area (Å²) in [6, 6.07) is 6.82. The van der Waals surface area contributed by atoms with Gasteiger partial charge in [-0.05, 0) is 57.7 Å². The van der Waals surface area contributed by atoms with E-state index in [1.165, 1.54) is 0 Å². The Morgan fingerprint density at radius 2 is 2.10 bits per heavy atom. The monoisotopic (exact) mass is 389 g/mol. The van der Waals surface area contributed by atoms with Gasteiger partial charge in [-0.2, -0.15) is 5.26 Å². The van der Waals surface area contributed by atoms with Crippen LogP contribution in [0.15, 0.2) is 42.4 Å². The van der Waals surface area contributed by atoms with Crippen molar-refractivity contribution in [2.24, 2.45) is 5.92 Å². The maximum absolute atomic E-state index is 11.2. The van der Waals surface area contributed by atoms with Gasteiger partial charge in [0.15, 0.2) is 0 Å². The zero-order valence-corrected chi connectivity index (χ0v) is 17.0. The maximum atomic E-state index is 11.2. The Bertz CT molecular complexity index is 1000. The third-order valence-corrected chi connectivity index (χ3v) is 5.82. The predicted octanol–water partition coefficient (Wildman–Crippen LogP) is 3.66. The van der Waals surface area contributed by atoms with E-state index in [0.29, 0.717) is 17.6 Å². The molecule has 1 N–H and O–H groups in total. The molecule has 3 heterocycles. The number of carbonyl (C=O) groups is 1. The van der Waals surface area contributed by atoms with Crippen molar-refractivity contribution in [1.29, 1.82) is 5.26 Å². The highest BCUT2D eigenvalue weighted by atomic mass is 16.1. The minimum absolute atomic E-state index is 0.204. The third kappa shape index (κ3) is 3.91. The second-order valence-electron chi connectivity index (χ2n) is 8.25. The molecule has 0 radical (unpaired) electrons. The summed E-state index contributed by atoms with van der Waals surface area (Å²) in [4.78, 5) is 18.2. The quantitative estimate of drug-likeness (QED) is 0.790. The molecule has 2 aromatic rings. The lowest BCUT2D eigenvalue weighted by atomic mass is 9.86. The number of hydrogen-bond donors (Lipinski definition) is 1. The van der Waals surface area contributed by atoms with E-state index in [1.54, 1.807) is 6.20 Å². The van der Waals surface area contributed by atoms with Crippen molar-refractivity contribution < 1.29 is 4.79 Å². The number of aromatic nitrogens is 2. The molecule has 0 unspecified atom stereocenters. The van der Waals surface area contributed by atoms with Gasteiger partial charge in [0.1, 0.15) is 23.8 Å². The van der Waals surface area contributed by atoms with Gasteiger partial charge in [0.2, 0.25) is 0 Å². The lowest BCUT2D eigenvalue weighted by molar-refractivity contribution is -0.112. The Morgan fingerprint density at radius 1 is 1.31 bits per heavy atom. The molecule has 0 bridgehead atoms. The van der Waals surface area contributed by atoms with Gasteiger partial charge in [-0.15, -0.1) is 0 Å². The number of hydrogen-bond acceptors (Lipinski definition) is 5. The number of carbonyl (C=O) groups excluding carboxylic acids is 1. The molecule has 150 valence electrons. The number of nitrogens with one attached hydrogen (secondary N) is 1. The molecular weight excluding hydrogens is 362 g/mol. The van der Waals surface area contributed by atoms with Crippen molar-refractivity contribution in [1.82, 2.24) is 19.8 Å². The highest BCUT2D eigenvalue weighted by Crippen LogP contribution is 2.33. The van der Waals surface area contributed by atoms with E-state index in [0.717, 1.165) is 61.1 Å². The minimum atomic E-state index is 0.204. The summed E-state index contributed by atoms with van der Waals surface area (Å²) in [7, 11) is 0. The van der Waals surface area contributed by atoms with Gasteiger partial charge >= 0.3 is 0 Å². The highest BCUT2D eigenvalue weighted by Gasteiger charge is 2.29. The lowest BCUT2D eigenvalue weighted by Gasteiger charge is -2.40. The molecule has 6 nitrogen and oxygen atoms in total. The van der Waals surface area contributed by atoms with Crippen molar-refractivity contribution in [2.45, 2.75) is 51.6 Å². The first-order chi connectivity index (χ1) is 14.1. The molecule has 4 rings (SSSR count). The molecule has 1 aliphatic heterocycles. The number of allylic oxidation sites excluding steroid dienone is 1. The predicted molar refractivity (Wildman–Crippen MR) is 114 cm³/mol. The van der Waals surface area contributed by atoms with Crippen molar-refractivity contribution in [3.05, 3.63) is 47.9 Å². The van der Waals surface area contributed by atoms with Crippen LogP contribution in [0.2, 0.25) is 0 Å². The summed E-state index contributed by atoms with van der Waals surface area (Å²) in [5, 5.41) is 13.6. The van der Waals surface area contributed by atoms with E-state index < -0.39 is 0 Å². The van der Waals surface area contributed by atoms with Gasteiger partial charge in [0, 0.05) is 54.1 Å². The molecule has 0 aromatic carbocycles. The van der Waals surface area contributed by atoms with Crippen LogP contribution < -0.4 is 5.32 Å². The second-order valence-corrected chi connectivity index (χ2v) is 8.25. The largest absolute Gasteiger partial charge is 0.383 e. The van der Waals surface area contributed by atoms with Gasteiger partial charge in [-0.3, -0.25) is 4.57 Å². The number of nitrogens with zero attached hydrogens (tertiary/aromatic N) is 4. The van der Waals surface area contributed by atoms with Gasteiger partial charge in [0.25, 0.3) is 0 Å².